The SMILES string of the molecule is Cc1onc(OC[C@](C)(c2ccccn2)N(C)C)c1-c1ccn2nc(NC(=O)C3CC3)cc2c1. The third-order valence-electron chi connectivity index (χ3n) is 6.48. The van der Waals surface area contributed by atoms with Crippen molar-refractivity contribution in [1.82, 2.24) is 24.7 Å². The van der Waals surface area contributed by atoms with Crippen LogP contribution in [0.1, 0.15) is 31.2 Å². The molecule has 4 heterocycles. The minimum Gasteiger partial charge on any atom is -0.473 e. The Morgan fingerprint density at radius 3 is 2.82 bits per heavy atom. The van der Waals surface area contributed by atoms with Gasteiger partial charge >= 0.3 is 0 Å². The first-order chi connectivity index (χ1) is 16.3. The number of likely N-dealkylation sites (N-methyl/N-ethyl adjacent to an activating group) is 1. The standard InChI is InChI=1S/C25H28N6O3/c1-16-22(18-10-12-31-19(13-18)14-21(28-31)27-23(32)17-8-9-17)24(29-34-16)33-15-25(2,30(3)4)20-7-5-6-11-26-20/h5-7,10-14,17H,8-9,15H2,1-4H3,(H,27,28,32)/t25-/m1/s1. The molecule has 0 spiro atoms. The van der Waals surface area contributed by atoms with Crippen molar-refractivity contribution in [2.45, 2.75) is 32.2 Å². The van der Waals surface area contributed by atoms with Gasteiger partial charge < -0.3 is 14.6 Å². The zero-order valence-corrected chi connectivity index (χ0v) is 19.8. The number of nitrogens with zero attached hydrogens (tertiary/aromatic N) is 5. The van der Waals surface area contributed by atoms with E-state index in [2.05, 4.69) is 32.4 Å². The van der Waals surface area contributed by atoms with Gasteiger partial charge in [0.25, 0.3) is 5.88 Å². The van der Waals surface area contributed by atoms with Gasteiger partial charge in [-0.15, -0.1) is 0 Å². The lowest BCUT2D eigenvalue weighted by Gasteiger charge is -2.35. The Hall–Kier alpha value is -3.72. The van der Waals surface area contributed by atoms with Crippen LogP contribution in [-0.4, -0.2) is 51.3 Å². The van der Waals surface area contributed by atoms with Gasteiger partial charge in [-0.2, -0.15) is 5.10 Å². The zero-order chi connectivity index (χ0) is 23.9. The van der Waals surface area contributed by atoms with Crippen molar-refractivity contribution in [3.8, 4) is 17.0 Å². The van der Waals surface area contributed by atoms with Crippen molar-refractivity contribution < 1.29 is 14.1 Å². The van der Waals surface area contributed by atoms with Crippen LogP contribution in [0.5, 0.6) is 5.88 Å². The predicted molar refractivity (Wildman–Crippen MR) is 128 cm³/mol. The smallest absolute Gasteiger partial charge is 0.262 e. The molecule has 0 aliphatic heterocycles. The number of anilines is 1. The highest BCUT2D eigenvalue weighted by Crippen LogP contribution is 2.35. The summed E-state index contributed by atoms with van der Waals surface area (Å²) in [6.45, 7) is 4.28. The van der Waals surface area contributed by atoms with E-state index in [0.717, 1.165) is 35.2 Å². The molecule has 1 amide bonds. The second-order valence-corrected chi connectivity index (χ2v) is 9.17. The van der Waals surface area contributed by atoms with Crippen molar-refractivity contribution in [2.75, 3.05) is 26.0 Å². The molecule has 1 N–H and O–H groups in total. The van der Waals surface area contributed by atoms with Crippen molar-refractivity contribution in [2.24, 2.45) is 5.92 Å². The summed E-state index contributed by atoms with van der Waals surface area (Å²) in [6.07, 6.45) is 5.54. The molecule has 1 aliphatic rings. The number of aryl methyl sites for hydroxylation is 1. The minimum atomic E-state index is -0.463. The molecule has 0 bridgehead atoms. The molecule has 4 aromatic heterocycles. The lowest BCUT2D eigenvalue weighted by atomic mass is 9.96. The normalized spacial score (nSPS) is 15.4. The second-order valence-electron chi connectivity index (χ2n) is 9.17. The lowest BCUT2D eigenvalue weighted by molar-refractivity contribution is -0.117. The molecular formula is C25H28N6O3. The molecule has 4 aromatic rings. The van der Waals surface area contributed by atoms with E-state index in [1.54, 1.807) is 10.7 Å². The molecule has 34 heavy (non-hydrogen) atoms. The Labute approximate surface area is 197 Å². The van der Waals surface area contributed by atoms with Crippen molar-refractivity contribution in [1.29, 1.82) is 0 Å². The van der Waals surface area contributed by atoms with Crippen molar-refractivity contribution in [3.63, 3.8) is 0 Å². The molecular weight excluding hydrogens is 432 g/mol. The van der Waals surface area contributed by atoms with Gasteiger partial charge in [0.2, 0.25) is 5.91 Å². The highest BCUT2D eigenvalue weighted by atomic mass is 16.5. The number of hydrogen-bond acceptors (Lipinski definition) is 7. The molecule has 1 atom stereocenters. The van der Waals surface area contributed by atoms with Gasteiger partial charge in [-0.3, -0.25) is 14.7 Å². The molecule has 9 heteroatoms. The summed E-state index contributed by atoms with van der Waals surface area (Å²) in [4.78, 5) is 18.7. The van der Waals surface area contributed by atoms with Crippen LogP contribution in [0.25, 0.3) is 16.6 Å². The Morgan fingerprint density at radius 1 is 1.29 bits per heavy atom. The first-order valence-electron chi connectivity index (χ1n) is 11.3. The Kier molecular flexibility index (Phi) is 5.57. The fourth-order valence-electron chi connectivity index (χ4n) is 3.88. The van der Waals surface area contributed by atoms with Crippen LogP contribution in [0, 0.1) is 12.8 Å². The first-order valence-corrected chi connectivity index (χ1v) is 11.3. The van der Waals surface area contributed by atoms with Crippen LogP contribution in [0.2, 0.25) is 0 Å². The summed E-state index contributed by atoms with van der Waals surface area (Å²) in [5, 5.41) is 11.5. The highest BCUT2D eigenvalue weighted by molar-refractivity contribution is 5.93. The van der Waals surface area contributed by atoms with E-state index < -0.39 is 5.54 Å². The topological polar surface area (TPSA) is 97.8 Å². The highest BCUT2D eigenvalue weighted by Gasteiger charge is 2.33. The third-order valence-corrected chi connectivity index (χ3v) is 6.48. The van der Waals surface area contributed by atoms with Crippen LogP contribution in [0.15, 0.2) is 53.3 Å². The lowest BCUT2D eigenvalue weighted by Crippen LogP contribution is -2.44. The quantitative estimate of drug-likeness (QED) is 0.426. The first kappa shape index (κ1) is 22.1. The summed E-state index contributed by atoms with van der Waals surface area (Å²) >= 11 is 0. The van der Waals surface area contributed by atoms with Crippen molar-refractivity contribution in [3.05, 3.63) is 60.2 Å². The number of pyridine rings is 2. The molecule has 0 radical (unpaired) electrons. The monoisotopic (exact) mass is 460 g/mol. The number of carbonyl (C=O) groups excluding carboxylic acids is 1. The number of amides is 1. The number of aromatic nitrogens is 4. The van der Waals surface area contributed by atoms with Gasteiger partial charge in [-0.1, -0.05) is 6.07 Å². The molecule has 176 valence electrons. The number of fused-ring (bicyclic) bond motifs is 1. The van der Waals surface area contributed by atoms with Crippen LogP contribution >= 0.6 is 0 Å². The van der Waals surface area contributed by atoms with Crippen LogP contribution < -0.4 is 10.1 Å². The molecule has 0 aromatic carbocycles. The summed E-state index contributed by atoms with van der Waals surface area (Å²) in [5.41, 5.74) is 2.97. The predicted octanol–water partition coefficient (Wildman–Crippen LogP) is 3.90. The largest absolute Gasteiger partial charge is 0.473 e. The molecule has 5 rings (SSSR count). The van der Waals surface area contributed by atoms with Crippen LogP contribution in [-0.2, 0) is 10.3 Å². The van der Waals surface area contributed by atoms with Gasteiger partial charge in [0.05, 0.1) is 22.3 Å². The van der Waals surface area contributed by atoms with Gasteiger partial charge in [0.1, 0.15) is 12.4 Å². The van der Waals surface area contributed by atoms with E-state index in [-0.39, 0.29) is 11.8 Å². The van der Waals surface area contributed by atoms with E-state index in [1.165, 1.54) is 0 Å². The van der Waals surface area contributed by atoms with E-state index >= 15 is 0 Å². The van der Waals surface area contributed by atoms with E-state index in [4.69, 9.17) is 9.26 Å². The van der Waals surface area contributed by atoms with Crippen LogP contribution in [0.4, 0.5) is 5.82 Å². The number of carbonyl (C=O) groups is 1. The van der Waals surface area contributed by atoms with E-state index in [0.29, 0.717) is 24.1 Å². The maximum absolute atomic E-state index is 12.1. The van der Waals surface area contributed by atoms with E-state index in [1.807, 2.05) is 63.6 Å². The maximum Gasteiger partial charge on any atom is 0.262 e. The molecule has 1 saturated carbocycles. The number of rotatable bonds is 8. The molecule has 0 unspecified atom stereocenters. The fraction of sp³-hybridized carbons (Fsp3) is 0.360. The van der Waals surface area contributed by atoms with Crippen LogP contribution in [0.3, 0.4) is 0 Å². The van der Waals surface area contributed by atoms with Gasteiger partial charge in [0, 0.05) is 24.4 Å². The average Bonchev–Trinajstić information content (AvgIpc) is 3.51. The van der Waals surface area contributed by atoms with Gasteiger partial charge in [-0.05, 0) is 75.8 Å². The Balaban J connectivity index is 1.41. The van der Waals surface area contributed by atoms with Gasteiger partial charge in [0.15, 0.2) is 5.82 Å². The number of ether oxygens (including phenoxy) is 1. The molecule has 9 nitrogen and oxygen atoms in total. The molecule has 1 fully saturated rings. The van der Waals surface area contributed by atoms with Gasteiger partial charge in [-0.25, -0.2) is 4.52 Å². The Morgan fingerprint density at radius 2 is 2.12 bits per heavy atom. The maximum atomic E-state index is 12.1. The summed E-state index contributed by atoms with van der Waals surface area (Å²) in [6, 6.07) is 11.6. The molecule has 0 saturated heterocycles. The average molecular weight is 461 g/mol. The summed E-state index contributed by atoms with van der Waals surface area (Å²) < 4.78 is 13.5. The fourth-order valence-corrected chi connectivity index (χ4v) is 3.88. The van der Waals surface area contributed by atoms with E-state index in [9.17, 15) is 4.79 Å². The zero-order valence-electron chi connectivity index (χ0n) is 19.8. The molecule has 1 aliphatic carbocycles. The van der Waals surface area contributed by atoms with Crippen molar-refractivity contribution >= 4 is 17.2 Å². The number of hydrogen-bond donors (Lipinski definition) is 1. The second kappa shape index (κ2) is 8.57. The summed E-state index contributed by atoms with van der Waals surface area (Å²) in [7, 11) is 4.00. The number of nitrogens with one attached hydrogen (secondary N) is 1. The third kappa shape index (κ3) is 4.14. The summed E-state index contributed by atoms with van der Waals surface area (Å²) in [5.74, 6) is 1.78. The Bertz CT molecular complexity index is 1330. The minimum absolute atomic E-state index is 0.0334.